The molecule has 0 aromatic heterocycles. The van der Waals surface area contributed by atoms with Gasteiger partial charge in [0.1, 0.15) is 11.9 Å². The van der Waals surface area contributed by atoms with Crippen molar-refractivity contribution in [2.45, 2.75) is 44.2 Å². The molecule has 2 N–H and O–H groups in total. The van der Waals surface area contributed by atoms with Gasteiger partial charge in [-0.1, -0.05) is 6.07 Å². The summed E-state index contributed by atoms with van der Waals surface area (Å²) in [6.07, 6.45) is 0. The molecule has 2 aromatic carbocycles. The monoisotopic (exact) mass is 479 g/mol. The van der Waals surface area contributed by atoms with E-state index in [1.54, 1.807) is 13.0 Å². The van der Waals surface area contributed by atoms with Crippen LogP contribution in [0, 0.1) is 12.7 Å². The van der Waals surface area contributed by atoms with Crippen LogP contribution in [-0.2, 0) is 14.8 Å². The van der Waals surface area contributed by atoms with E-state index in [9.17, 15) is 22.4 Å². The molecular weight excluding hydrogens is 453 g/mol. The van der Waals surface area contributed by atoms with Crippen molar-refractivity contribution in [1.82, 2.24) is 10.2 Å². The van der Waals surface area contributed by atoms with Gasteiger partial charge in [0, 0.05) is 22.5 Å². The van der Waals surface area contributed by atoms with Crippen LogP contribution in [0.15, 0.2) is 47.4 Å². The van der Waals surface area contributed by atoms with Crippen molar-refractivity contribution >= 4 is 39.3 Å². The molecule has 1 aliphatic rings. The molecule has 1 heterocycles. The number of carbonyl (C=O) groups excluding carboxylic acids is 2. The summed E-state index contributed by atoms with van der Waals surface area (Å²) in [6.45, 7) is 7.31. The molecule has 1 fully saturated rings. The molecular formula is C22H26FN3O4S2. The number of amides is 2. The number of hydrogen-bond donors (Lipinski definition) is 2. The molecule has 2 amide bonds. The number of rotatable bonds is 5. The summed E-state index contributed by atoms with van der Waals surface area (Å²) in [5, 5.41) is 2.90. The molecule has 7 nitrogen and oxygen atoms in total. The summed E-state index contributed by atoms with van der Waals surface area (Å²) >= 11 is 1.47. The average molecular weight is 480 g/mol. The normalized spacial score (nSPS) is 16.7. The lowest BCUT2D eigenvalue weighted by atomic mass is 10.1. The fourth-order valence-corrected chi connectivity index (χ4v) is 5.44. The summed E-state index contributed by atoms with van der Waals surface area (Å²) in [5.74, 6) is -0.317. The van der Waals surface area contributed by atoms with Crippen LogP contribution < -0.4 is 10.0 Å². The van der Waals surface area contributed by atoms with E-state index in [-0.39, 0.29) is 22.1 Å². The molecule has 172 valence electrons. The minimum atomic E-state index is -4.00. The highest BCUT2D eigenvalue weighted by Crippen LogP contribution is 2.27. The standard InChI is InChI=1S/C22H26FN3O4S2/c1-14-5-10-17(32(29,30)25-16-8-6-15(23)7-9-16)11-18(14)21(28)26-13-31-12-19(26)20(27)24-22(2,3)4/h5-11,19,25H,12-13H2,1-4H3,(H,24,27)/t19-/m1/s1. The van der Waals surface area contributed by atoms with Gasteiger partial charge >= 0.3 is 0 Å². The Morgan fingerprint density at radius 1 is 1.12 bits per heavy atom. The number of halogens is 1. The Hall–Kier alpha value is -2.59. The topological polar surface area (TPSA) is 95.6 Å². The number of aryl methyl sites for hydroxylation is 1. The van der Waals surface area contributed by atoms with Gasteiger partial charge in [0.15, 0.2) is 0 Å². The van der Waals surface area contributed by atoms with E-state index in [1.165, 1.54) is 40.9 Å². The van der Waals surface area contributed by atoms with Crippen LogP contribution in [0.4, 0.5) is 10.1 Å². The Labute approximate surface area is 191 Å². The number of anilines is 1. The molecule has 0 spiro atoms. The first-order valence-electron chi connectivity index (χ1n) is 9.97. The van der Waals surface area contributed by atoms with Crippen molar-refractivity contribution in [3.05, 3.63) is 59.4 Å². The maximum Gasteiger partial charge on any atom is 0.261 e. The molecule has 0 radical (unpaired) electrons. The zero-order chi connectivity index (χ0) is 23.7. The molecule has 1 saturated heterocycles. The second kappa shape index (κ2) is 9.11. The molecule has 32 heavy (non-hydrogen) atoms. The molecule has 1 atom stereocenters. The van der Waals surface area contributed by atoms with Gasteiger partial charge < -0.3 is 10.2 Å². The van der Waals surface area contributed by atoms with Crippen LogP contribution in [0.5, 0.6) is 0 Å². The second-order valence-corrected chi connectivity index (χ2v) is 11.3. The Balaban J connectivity index is 1.86. The molecule has 10 heteroatoms. The van der Waals surface area contributed by atoms with E-state index in [1.807, 2.05) is 20.8 Å². The third-order valence-corrected chi connectivity index (χ3v) is 7.18. The first-order valence-corrected chi connectivity index (χ1v) is 12.6. The van der Waals surface area contributed by atoms with Gasteiger partial charge in [-0.2, -0.15) is 0 Å². The van der Waals surface area contributed by atoms with Crippen LogP contribution in [0.25, 0.3) is 0 Å². The van der Waals surface area contributed by atoms with Crippen LogP contribution in [-0.4, -0.2) is 48.3 Å². The Kier molecular flexibility index (Phi) is 6.85. The predicted molar refractivity (Wildman–Crippen MR) is 124 cm³/mol. The van der Waals surface area contributed by atoms with Crippen molar-refractivity contribution < 1.29 is 22.4 Å². The predicted octanol–water partition coefficient (Wildman–Crippen LogP) is 3.36. The quantitative estimate of drug-likeness (QED) is 0.686. The van der Waals surface area contributed by atoms with E-state index in [0.29, 0.717) is 17.2 Å². The first-order chi connectivity index (χ1) is 14.9. The minimum Gasteiger partial charge on any atom is -0.350 e. The molecule has 1 aliphatic heterocycles. The summed E-state index contributed by atoms with van der Waals surface area (Å²) < 4.78 is 41.1. The van der Waals surface area contributed by atoms with Crippen LogP contribution in [0.2, 0.25) is 0 Å². The minimum absolute atomic E-state index is 0.0988. The summed E-state index contributed by atoms with van der Waals surface area (Å²) in [4.78, 5) is 27.4. The Morgan fingerprint density at radius 2 is 1.78 bits per heavy atom. The Bertz CT molecular complexity index is 1130. The van der Waals surface area contributed by atoms with Gasteiger partial charge in [-0.15, -0.1) is 11.8 Å². The summed E-state index contributed by atoms with van der Waals surface area (Å²) in [7, 11) is -4.00. The third-order valence-electron chi connectivity index (χ3n) is 4.79. The first kappa shape index (κ1) is 24.1. The van der Waals surface area contributed by atoms with E-state index < -0.39 is 33.3 Å². The average Bonchev–Trinajstić information content (AvgIpc) is 3.18. The highest BCUT2D eigenvalue weighted by Gasteiger charge is 2.37. The van der Waals surface area contributed by atoms with Crippen molar-refractivity contribution in [3.8, 4) is 0 Å². The van der Waals surface area contributed by atoms with Crippen molar-refractivity contribution in [2.75, 3.05) is 16.4 Å². The van der Waals surface area contributed by atoms with Gasteiger partial charge in [0.25, 0.3) is 15.9 Å². The number of hydrogen-bond acceptors (Lipinski definition) is 5. The number of benzene rings is 2. The fourth-order valence-electron chi connectivity index (χ4n) is 3.20. The largest absolute Gasteiger partial charge is 0.350 e. The summed E-state index contributed by atoms with van der Waals surface area (Å²) in [6, 6.07) is 8.56. The lowest BCUT2D eigenvalue weighted by Crippen LogP contribution is -2.52. The zero-order valence-corrected chi connectivity index (χ0v) is 19.9. The SMILES string of the molecule is Cc1ccc(S(=O)(=O)Nc2ccc(F)cc2)cc1C(=O)N1CSC[C@@H]1C(=O)NC(C)(C)C. The second-order valence-electron chi connectivity index (χ2n) is 8.62. The van der Waals surface area contributed by atoms with E-state index in [0.717, 1.165) is 12.1 Å². The Morgan fingerprint density at radius 3 is 2.41 bits per heavy atom. The van der Waals surface area contributed by atoms with Crippen LogP contribution in [0.3, 0.4) is 0 Å². The summed E-state index contributed by atoms with van der Waals surface area (Å²) in [5.41, 5.74) is 0.579. The number of nitrogens with zero attached hydrogens (tertiary/aromatic N) is 1. The third kappa shape index (κ3) is 5.60. The molecule has 0 bridgehead atoms. The lowest BCUT2D eigenvalue weighted by molar-refractivity contribution is -0.125. The number of thioether (sulfide) groups is 1. The number of sulfonamides is 1. The zero-order valence-electron chi connectivity index (χ0n) is 18.3. The maximum absolute atomic E-state index is 13.3. The number of carbonyl (C=O) groups is 2. The van der Waals surface area contributed by atoms with Gasteiger partial charge in [0.2, 0.25) is 5.91 Å². The molecule has 3 rings (SSSR count). The molecule has 2 aromatic rings. The van der Waals surface area contributed by atoms with Crippen LogP contribution >= 0.6 is 11.8 Å². The molecule has 0 saturated carbocycles. The highest BCUT2D eigenvalue weighted by molar-refractivity contribution is 7.99. The lowest BCUT2D eigenvalue weighted by Gasteiger charge is -2.28. The van der Waals surface area contributed by atoms with Gasteiger partial charge in [-0.05, 0) is 69.7 Å². The van der Waals surface area contributed by atoms with Crippen LogP contribution in [0.1, 0.15) is 36.7 Å². The van der Waals surface area contributed by atoms with Crippen molar-refractivity contribution in [2.24, 2.45) is 0 Å². The number of nitrogens with one attached hydrogen (secondary N) is 2. The maximum atomic E-state index is 13.3. The van der Waals surface area contributed by atoms with Crippen molar-refractivity contribution in [1.29, 1.82) is 0 Å². The van der Waals surface area contributed by atoms with Crippen molar-refractivity contribution in [3.63, 3.8) is 0 Å². The van der Waals surface area contributed by atoms with E-state index in [4.69, 9.17) is 0 Å². The fraction of sp³-hybridized carbons (Fsp3) is 0.364. The molecule has 0 unspecified atom stereocenters. The highest BCUT2D eigenvalue weighted by atomic mass is 32.2. The smallest absolute Gasteiger partial charge is 0.261 e. The van der Waals surface area contributed by atoms with E-state index in [2.05, 4.69) is 10.0 Å². The van der Waals surface area contributed by atoms with Gasteiger partial charge in [-0.3, -0.25) is 14.3 Å². The van der Waals surface area contributed by atoms with Gasteiger partial charge in [-0.25, -0.2) is 12.8 Å². The molecule has 0 aliphatic carbocycles. The van der Waals surface area contributed by atoms with E-state index >= 15 is 0 Å². The van der Waals surface area contributed by atoms with Gasteiger partial charge in [0.05, 0.1) is 10.8 Å².